The van der Waals surface area contributed by atoms with Gasteiger partial charge in [-0.15, -0.1) is 0 Å². The second-order valence-electron chi connectivity index (χ2n) is 3.17. The Morgan fingerprint density at radius 2 is 1.77 bits per heavy atom. The Morgan fingerprint density at radius 1 is 1.38 bits per heavy atom. The third-order valence-electron chi connectivity index (χ3n) is 1.96. The first kappa shape index (κ1) is 12.6. The minimum atomic E-state index is -1.12. The van der Waals surface area contributed by atoms with Crippen LogP contribution >= 0.6 is 0 Å². The smallest absolute Gasteiger partial charge is 0.189 e. The topological polar surface area (TPSA) is 38.7 Å². The Bertz CT molecular complexity index is 158. The molecule has 0 bridgehead atoms. The van der Waals surface area contributed by atoms with Crippen LogP contribution in [0.1, 0.15) is 27.7 Å². The number of hydrogen-bond acceptors (Lipinski definition) is 3. The Morgan fingerprint density at radius 3 is 2.00 bits per heavy atom. The lowest BCUT2D eigenvalue weighted by Crippen LogP contribution is -2.43. The fraction of sp³-hybridized carbons (Fsp3) is 0.800. The van der Waals surface area contributed by atoms with Gasteiger partial charge in [-0.05, 0) is 33.3 Å². The predicted octanol–water partition coefficient (Wildman–Crippen LogP) is 1.71. The summed E-state index contributed by atoms with van der Waals surface area (Å²) in [5, 5.41) is 9.96. The maximum atomic E-state index is 9.96. The van der Waals surface area contributed by atoms with E-state index < -0.39 is 11.9 Å². The van der Waals surface area contributed by atoms with Crippen LogP contribution in [0, 0.1) is 0 Å². The predicted molar refractivity (Wildman–Crippen MR) is 52.5 cm³/mol. The third kappa shape index (κ3) is 3.46. The van der Waals surface area contributed by atoms with E-state index in [9.17, 15) is 5.11 Å². The summed E-state index contributed by atoms with van der Waals surface area (Å²) in [6.07, 6.45) is -0.625. The van der Waals surface area contributed by atoms with Gasteiger partial charge in [0.1, 0.15) is 5.60 Å². The first-order valence-electron chi connectivity index (χ1n) is 4.58. The van der Waals surface area contributed by atoms with E-state index in [1.165, 1.54) is 0 Å². The summed E-state index contributed by atoms with van der Waals surface area (Å²) in [6, 6.07) is 0. The van der Waals surface area contributed by atoms with Gasteiger partial charge in [0.15, 0.2) is 6.29 Å². The zero-order valence-corrected chi connectivity index (χ0v) is 8.96. The molecule has 0 radical (unpaired) electrons. The molecule has 3 nitrogen and oxygen atoms in total. The van der Waals surface area contributed by atoms with Gasteiger partial charge >= 0.3 is 0 Å². The quantitative estimate of drug-likeness (QED) is 0.509. The molecule has 13 heavy (non-hydrogen) atoms. The van der Waals surface area contributed by atoms with Gasteiger partial charge < -0.3 is 14.6 Å². The standard InChI is InChI=1S/C10H20O3/c1-6-12-9(13-7-2)10(5,11)8(3)4/h9,11H,3,6-7H2,1-2,4-5H3/t10-/m0/s1. The van der Waals surface area contributed by atoms with Crippen molar-refractivity contribution in [2.75, 3.05) is 13.2 Å². The van der Waals surface area contributed by atoms with Gasteiger partial charge in [0.25, 0.3) is 0 Å². The summed E-state index contributed by atoms with van der Waals surface area (Å²) in [5.41, 5.74) is -0.481. The van der Waals surface area contributed by atoms with E-state index in [0.29, 0.717) is 18.8 Å². The maximum Gasteiger partial charge on any atom is 0.189 e. The van der Waals surface area contributed by atoms with Crippen molar-refractivity contribution in [1.82, 2.24) is 0 Å². The first-order chi connectivity index (χ1) is 5.96. The minimum absolute atomic E-state index is 0.508. The molecule has 0 aromatic rings. The monoisotopic (exact) mass is 188 g/mol. The normalized spacial score (nSPS) is 15.8. The van der Waals surface area contributed by atoms with Crippen LogP contribution in [0.3, 0.4) is 0 Å². The van der Waals surface area contributed by atoms with Crippen LogP contribution in [0.25, 0.3) is 0 Å². The van der Waals surface area contributed by atoms with Gasteiger partial charge in [0.2, 0.25) is 0 Å². The highest BCUT2D eigenvalue weighted by Gasteiger charge is 2.33. The number of rotatable bonds is 6. The fourth-order valence-electron chi connectivity index (χ4n) is 0.877. The van der Waals surface area contributed by atoms with Crippen molar-refractivity contribution in [3.63, 3.8) is 0 Å². The zero-order chi connectivity index (χ0) is 10.5. The molecule has 0 fully saturated rings. The Kier molecular flexibility index (Phi) is 5.21. The molecule has 0 aromatic carbocycles. The Labute approximate surface area is 80.4 Å². The molecule has 0 saturated heterocycles. The highest BCUT2D eigenvalue weighted by atomic mass is 16.7. The van der Waals surface area contributed by atoms with Gasteiger partial charge in [-0.25, -0.2) is 0 Å². The van der Waals surface area contributed by atoms with Crippen molar-refractivity contribution in [3.8, 4) is 0 Å². The number of ether oxygens (including phenoxy) is 2. The lowest BCUT2D eigenvalue weighted by molar-refractivity contribution is -0.215. The molecule has 0 unspecified atom stereocenters. The minimum Gasteiger partial charge on any atom is -0.380 e. The maximum absolute atomic E-state index is 9.96. The van der Waals surface area contributed by atoms with Crippen molar-refractivity contribution >= 4 is 0 Å². The average molecular weight is 188 g/mol. The Hall–Kier alpha value is -0.380. The van der Waals surface area contributed by atoms with E-state index in [4.69, 9.17) is 9.47 Å². The average Bonchev–Trinajstić information content (AvgIpc) is 2.03. The fourth-order valence-corrected chi connectivity index (χ4v) is 0.877. The summed E-state index contributed by atoms with van der Waals surface area (Å²) in [4.78, 5) is 0. The largest absolute Gasteiger partial charge is 0.380 e. The molecule has 1 N–H and O–H groups in total. The van der Waals surface area contributed by atoms with Gasteiger partial charge in [-0.1, -0.05) is 6.58 Å². The summed E-state index contributed by atoms with van der Waals surface area (Å²) in [5.74, 6) is 0. The first-order valence-corrected chi connectivity index (χ1v) is 4.58. The molecule has 0 saturated carbocycles. The van der Waals surface area contributed by atoms with Crippen LogP contribution in [0.2, 0.25) is 0 Å². The van der Waals surface area contributed by atoms with Crippen LogP contribution in [-0.4, -0.2) is 30.2 Å². The molecule has 0 heterocycles. The molecule has 0 aliphatic carbocycles. The summed E-state index contributed by atoms with van der Waals surface area (Å²) in [7, 11) is 0. The highest BCUT2D eigenvalue weighted by Crippen LogP contribution is 2.22. The van der Waals surface area contributed by atoms with E-state index >= 15 is 0 Å². The second kappa shape index (κ2) is 5.37. The third-order valence-corrected chi connectivity index (χ3v) is 1.96. The van der Waals surface area contributed by atoms with Crippen molar-refractivity contribution in [1.29, 1.82) is 0 Å². The molecular formula is C10H20O3. The van der Waals surface area contributed by atoms with Gasteiger partial charge in [-0.3, -0.25) is 0 Å². The molecule has 0 aromatic heterocycles. The van der Waals surface area contributed by atoms with Crippen molar-refractivity contribution in [3.05, 3.63) is 12.2 Å². The second-order valence-corrected chi connectivity index (χ2v) is 3.17. The van der Waals surface area contributed by atoms with Crippen LogP contribution in [0.5, 0.6) is 0 Å². The lowest BCUT2D eigenvalue weighted by Gasteiger charge is -2.32. The lowest BCUT2D eigenvalue weighted by atomic mass is 9.98. The SMILES string of the molecule is C=C(C)[C@](C)(O)C(OCC)OCC. The number of aliphatic hydroxyl groups is 1. The van der Waals surface area contributed by atoms with Crippen LogP contribution in [-0.2, 0) is 9.47 Å². The molecule has 3 heteroatoms. The van der Waals surface area contributed by atoms with E-state index in [1.54, 1.807) is 13.8 Å². The van der Waals surface area contributed by atoms with Crippen molar-refractivity contribution in [2.24, 2.45) is 0 Å². The van der Waals surface area contributed by atoms with Crippen LogP contribution in [0.4, 0.5) is 0 Å². The van der Waals surface area contributed by atoms with Crippen LogP contribution < -0.4 is 0 Å². The van der Waals surface area contributed by atoms with E-state index in [-0.39, 0.29) is 0 Å². The summed E-state index contributed by atoms with van der Waals surface area (Å²) in [6.45, 7) is 11.8. The molecular weight excluding hydrogens is 168 g/mol. The van der Waals surface area contributed by atoms with Gasteiger partial charge in [-0.2, -0.15) is 0 Å². The summed E-state index contributed by atoms with van der Waals surface area (Å²) >= 11 is 0. The number of hydrogen-bond donors (Lipinski definition) is 1. The molecule has 0 aliphatic rings. The molecule has 0 amide bonds. The summed E-state index contributed by atoms with van der Waals surface area (Å²) < 4.78 is 10.6. The van der Waals surface area contributed by atoms with Gasteiger partial charge in [0, 0.05) is 13.2 Å². The highest BCUT2D eigenvalue weighted by molar-refractivity contribution is 5.08. The van der Waals surface area contributed by atoms with E-state index in [0.717, 1.165) is 0 Å². The van der Waals surface area contributed by atoms with Crippen LogP contribution in [0.15, 0.2) is 12.2 Å². The molecule has 0 spiro atoms. The van der Waals surface area contributed by atoms with E-state index in [1.807, 2.05) is 13.8 Å². The zero-order valence-electron chi connectivity index (χ0n) is 8.96. The van der Waals surface area contributed by atoms with E-state index in [2.05, 4.69) is 6.58 Å². The van der Waals surface area contributed by atoms with Crippen molar-refractivity contribution in [2.45, 2.75) is 39.6 Å². The van der Waals surface area contributed by atoms with Gasteiger partial charge in [0.05, 0.1) is 0 Å². The molecule has 78 valence electrons. The molecule has 1 atom stereocenters. The van der Waals surface area contributed by atoms with Crippen molar-refractivity contribution < 1.29 is 14.6 Å². The Balaban J connectivity index is 4.41. The molecule has 0 aliphatic heterocycles. The molecule has 0 rings (SSSR count).